The van der Waals surface area contributed by atoms with Gasteiger partial charge in [0.25, 0.3) is 5.91 Å². The monoisotopic (exact) mass is 520 g/mol. The number of aromatic nitrogens is 2. The Kier molecular flexibility index (Phi) is 6.43. The summed E-state index contributed by atoms with van der Waals surface area (Å²) in [6.07, 6.45) is 6.78. The minimum Gasteiger partial charge on any atom is -0.489 e. The molecule has 7 heteroatoms. The molecule has 1 N–H and O–H groups in total. The fourth-order valence-electron chi connectivity index (χ4n) is 5.64. The van der Waals surface area contributed by atoms with Gasteiger partial charge in [-0.2, -0.15) is 0 Å². The third-order valence-electron chi connectivity index (χ3n) is 7.58. The molecule has 39 heavy (non-hydrogen) atoms. The Bertz CT molecular complexity index is 1600. The first kappa shape index (κ1) is 24.9. The second kappa shape index (κ2) is 10.1. The van der Waals surface area contributed by atoms with Gasteiger partial charge in [-0.1, -0.05) is 38.1 Å². The van der Waals surface area contributed by atoms with Crippen molar-refractivity contribution in [1.29, 1.82) is 0 Å². The van der Waals surface area contributed by atoms with E-state index in [4.69, 9.17) is 4.74 Å². The maximum atomic E-state index is 13.8. The second-order valence-corrected chi connectivity index (χ2v) is 10.7. The molecule has 1 atom stereocenters. The quantitative estimate of drug-likeness (QED) is 0.330. The van der Waals surface area contributed by atoms with Crippen LogP contribution in [0.25, 0.3) is 10.9 Å². The van der Waals surface area contributed by atoms with Crippen molar-refractivity contribution >= 4 is 28.4 Å². The number of aryl methyl sites for hydroxylation is 1. The van der Waals surface area contributed by atoms with Crippen LogP contribution < -0.4 is 10.1 Å². The van der Waals surface area contributed by atoms with Crippen molar-refractivity contribution in [2.45, 2.75) is 46.3 Å². The fraction of sp³-hybridized carbons (Fsp3) is 0.281. The van der Waals surface area contributed by atoms with Gasteiger partial charge in [-0.15, -0.1) is 0 Å². The molecule has 0 fully saturated rings. The smallest absolute Gasteiger partial charge is 0.259 e. The lowest BCUT2D eigenvalue weighted by Gasteiger charge is -2.20. The summed E-state index contributed by atoms with van der Waals surface area (Å²) in [6, 6.07) is 18.1. The molecular weight excluding hydrogens is 488 g/mol. The number of anilines is 1. The number of nitrogens with one attached hydrogen (secondary N) is 1. The fourth-order valence-corrected chi connectivity index (χ4v) is 5.64. The number of pyridine rings is 1. The first-order valence-electron chi connectivity index (χ1n) is 13.5. The number of ether oxygens (including phenoxy) is 1. The lowest BCUT2D eigenvalue weighted by atomic mass is 9.84. The summed E-state index contributed by atoms with van der Waals surface area (Å²) >= 11 is 0. The number of carbonyl (C=O) groups is 2. The molecule has 0 radical (unpaired) electrons. The number of amides is 2. The molecule has 0 spiro atoms. The summed E-state index contributed by atoms with van der Waals surface area (Å²) < 4.78 is 8.44. The number of nitrogens with zero attached hydrogens (tertiary/aromatic N) is 3. The van der Waals surface area contributed by atoms with Crippen LogP contribution in [-0.4, -0.2) is 32.8 Å². The Morgan fingerprint density at radius 1 is 1.15 bits per heavy atom. The second-order valence-electron chi connectivity index (χ2n) is 10.7. The minimum atomic E-state index is -0.349. The molecular formula is C32H32N4O3. The van der Waals surface area contributed by atoms with Crippen LogP contribution in [0, 0.1) is 5.92 Å². The lowest BCUT2D eigenvalue weighted by molar-refractivity contribution is -0.139. The highest BCUT2D eigenvalue weighted by molar-refractivity contribution is 6.11. The van der Waals surface area contributed by atoms with Crippen LogP contribution in [-0.2, 0) is 22.7 Å². The van der Waals surface area contributed by atoms with Gasteiger partial charge >= 0.3 is 0 Å². The number of hydrogen-bond acceptors (Lipinski definition) is 5. The molecule has 0 saturated heterocycles. The molecule has 0 saturated carbocycles. The summed E-state index contributed by atoms with van der Waals surface area (Å²) in [5, 5.41) is 4.67. The van der Waals surface area contributed by atoms with Crippen molar-refractivity contribution < 1.29 is 14.3 Å². The highest BCUT2D eigenvalue weighted by Crippen LogP contribution is 2.47. The van der Waals surface area contributed by atoms with E-state index in [0.717, 1.165) is 51.9 Å². The van der Waals surface area contributed by atoms with E-state index >= 15 is 0 Å². The van der Waals surface area contributed by atoms with Crippen molar-refractivity contribution in [2.24, 2.45) is 5.92 Å². The van der Waals surface area contributed by atoms with E-state index in [-0.39, 0.29) is 24.3 Å². The Hall–Kier alpha value is -4.39. The van der Waals surface area contributed by atoms with Crippen LogP contribution in [0.4, 0.5) is 5.69 Å². The third-order valence-corrected chi connectivity index (χ3v) is 7.58. The Labute approximate surface area is 228 Å². The lowest BCUT2D eigenvalue weighted by Crippen LogP contribution is -2.33. The molecule has 7 nitrogen and oxygen atoms in total. The molecule has 2 aromatic carbocycles. The van der Waals surface area contributed by atoms with E-state index in [0.29, 0.717) is 23.8 Å². The van der Waals surface area contributed by atoms with E-state index in [2.05, 4.69) is 47.0 Å². The Morgan fingerprint density at radius 2 is 2.00 bits per heavy atom. The summed E-state index contributed by atoms with van der Waals surface area (Å²) in [6.45, 7) is 7.43. The first-order chi connectivity index (χ1) is 18.9. The van der Waals surface area contributed by atoms with E-state index in [9.17, 15) is 9.59 Å². The zero-order valence-corrected chi connectivity index (χ0v) is 22.5. The molecule has 2 amide bonds. The summed E-state index contributed by atoms with van der Waals surface area (Å²) in [5.74, 6) is 0.438. The van der Waals surface area contributed by atoms with Gasteiger partial charge in [-0.3, -0.25) is 19.5 Å². The van der Waals surface area contributed by atoms with Crippen LogP contribution in [0.2, 0.25) is 0 Å². The van der Waals surface area contributed by atoms with E-state index in [1.54, 1.807) is 12.4 Å². The summed E-state index contributed by atoms with van der Waals surface area (Å²) in [5.41, 5.74) is 6.49. The highest BCUT2D eigenvalue weighted by atomic mass is 16.5. The van der Waals surface area contributed by atoms with Gasteiger partial charge in [-0.05, 0) is 53.8 Å². The molecule has 6 rings (SSSR count). The number of benzene rings is 2. The molecule has 2 aliphatic heterocycles. The SMILES string of the molecule is CC(=O)N1CC2=C(C1=O)[C@@H](c1cccc(OCc3cccnc3)c1)c1cn(CCC(C)C)c3cccc(c13)N2. The van der Waals surface area contributed by atoms with Gasteiger partial charge in [0.2, 0.25) is 5.91 Å². The minimum absolute atomic E-state index is 0.241. The van der Waals surface area contributed by atoms with Gasteiger partial charge in [0, 0.05) is 60.3 Å². The van der Waals surface area contributed by atoms with Gasteiger partial charge in [0.05, 0.1) is 17.6 Å². The summed E-state index contributed by atoms with van der Waals surface area (Å²) in [4.78, 5) is 31.7. The number of carbonyl (C=O) groups excluding carboxylic acids is 2. The largest absolute Gasteiger partial charge is 0.489 e. The van der Waals surface area contributed by atoms with Crippen molar-refractivity contribution in [3.05, 3.63) is 101 Å². The molecule has 4 aromatic rings. The zero-order valence-electron chi connectivity index (χ0n) is 22.5. The number of rotatable bonds is 7. The average Bonchev–Trinajstić information content (AvgIpc) is 3.41. The standard InChI is InChI=1S/C32H32N4O3/c1-20(2)12-14-35-17-25-29(23-8-4-9-24(15-23)39-19-22-7-6-13-33-16-22)31-27(18-36(21(3)37)32(31)38)34-26-10-5-11-28(35)30(25)26/h4-11,13,15-17,20,29,34H,12,14,18-19H2,1-3H3/t29-/m0/s1. The Balaban J connectivity index is 1.48. The zero-order chi connectivity index (χ0) is 27.1. The average molecular weight is 521 g/mol. The third kappa shape index (κ3) is 4.58. The van der Waals surface area contributed by atoms with Gasteiger partial charge < -0.3 is 14.6 Å². The molecule has 198 valence electrons. The van der Waals surface area contributed by atoms with Crippen LogP contribution in [0.15, 0.2) is 84.5 Å². The highest BCUT2D eigenvalue weighted by Gasteiger charge is 2.41. The van der Waals surface area contributed by atoms with Crippen molar-refractivity contribution in [2.75, 3.05) is 11.9 Å². The van der Waals surface area contributed by atoms with Crippen LogP contribution in [0.3, 0.4) is 0 Å². The molecule has 0 unspecified atom stereocenters. The molecule has 0 aliphatic carbocycles. The molecule has 4 heterocycles. The molecule has 2 aliphatic rings. The van der Waals surface area contributed by atoms with Gasteiger partial charge in [0.15, 0.2) is 0 Å². The van der Waals surface area contributed by atoms with Crippen LogP contribution in [0.1, 0.15) is 49.8 Å². The molecule has 0 bridgehead atoms. The number of imide groups is 1. The van der Waals surface area contributed by atoms with E-state index in [1.165, 1.54) is 11.8 Å². The predicted octanol–water partition coefficient (Wildman–Crippen LogP) is 5.86. The maximum absolute atomic E-state index is 13.8. The van der Waals surface area contributed by atoms with Crippen molar-refractivity contribution in [1.82, 2.24) is 14.5 Å². The summed E-state index contributed by atoms with van der Waals surface area (Å²) in [7, 11) is 0. The van der Waals surface area contributed by atoms with Crippen molar-refractivity contribution in [3.8, 4) is 5.75 Å². The predicted molar refractivity (Wildman–Crippen MR) is 151 cm³/mol. The maximum Gasteiger partial charge on any atom is 0.259 e. The van der Waals surface area contributed by atoms with Crippen LogP contribution in [0.5, 0.6) is 5.75 Å². The normalized spacial score (nSPS) is 16.5. The topological polar surface area (TPSA) is 76.5 Å². The van der Waals surface area contributed by atoms with Gasteiger partial charge in [-0.25, -0.2) is 0 Å². The van der Waals surface area contributed by atoms with Gasteiger partial charge in [0.1, 0.15) is 12.4 Å². The molecule has 2 aromatic heterocycles. The first-order valence-corrected chi connectivity index (χ1v) is 13.5. The number of hydrogen-bond donors (Lipinski definition) is 1. The van der Waals surface area contributed by atoms with E-state index in [1.807, 2.05) is 42.5 Å². The van der Waals surface area contributed by atoms with Crippen LogP contribution >= 0.6 is 0 Å². The van der Waals surface area contributed by atoms with E-state index < -0.39 is 0 Å². The van der Waals surface area contributed by atoms with Crippen molar-refractivity contribution in [3.63, 3.8) is 0 Å². The Morgan fingerprint density at radius 3 is 2.77 bits per heavy atom.